The Labute approximate surface area is 109 Å². The van der Waals surface area contributed by atoms with Crippen molar-refractivity contribution < 1.29 is 0 Å². The molecule has 0 saturated carbocycles. The van der Waals surface area contributed by atoms with Crippen LogP contribution in [0.3, 0.4) is 0 Å². The van der Waals surface area contributed by atoms with E-state index in [4.69, 9.17) is 5.73 Å². The molecule has 2 N–H and O–H groups in total. The molecule has 0 atom stereocenters. The average molecular weight is 255 g/mol. The molecule has 98 valence electrons. The minimum atomic E-state index is 0.142. The van der Waals surface area contributed by atoms with Gasteiger partial charge in [0.2, 0.25) is 0 Å². The maximum Gasteiger partial charge on any atom is 0.185 e. The van der Waals surface area contributed by atoms with Crippen molar-refractivity contribution in [2.45, 2.75) is 41.0 Å². The lowest BCUT2D eigenvalue weighted by Crippen LogP contribution is -2.39. The molecule has 1 aromatic rings. The summed E-state index contributed by atoms with van der Waals surface area (Å²) in [4.78, 5) is 8.34. The fourth-order valence-corrected chi connectivity index (χ4v) is 2.62. The Kier molecular flexibility index (Phi) is 4.95. The van der Waals surface area contributed by atoms with E-state index in [1.54, 1.807) is 11.3 Å². The highest BCUT2D eigenvalue weighted by Crippen LogP contribution is 2.28. The maximum absolute atomic E-state index is 5.82. The van der Waals surface area contributed by atoms with E-state index in [2.05, 4.69) is 44.5 Å². The van der Waals surface area contributed by atoms with Gasteiger partial charge in [-0.15, -0.1) is 11.3 Å². The highest BCUT2D eigenvalue weighted by atomic mass is 32.1. The quantitative estimate of drug-likeness (QED) is 0.850. The first kappa shape index (κ1) is 14.5. The molecule has 0 aliphatic rings. The number of aryl methyl sites for hydroxylation is 2. The molecule has 0 fully saturated rings. The Bertz CT molecular complexity index is 338. The van der Waals surface area contributed by atoms with E-state index in [1.165, 1.54) is 4.88 Å². The number of hydrogen-bond donors (Lipinski definition) is 1. The summed E-state index contributed by atoms with van der Waals surface area (Å²) in [5, 5.41) is 1.14. The summed E-state index contributed by atoms with van der Waals surface area (Å²) in [6.45, 7) is 13.6. The average Bonchev–Trinajstić information content (AvgIpc) is 2.58. The molecule has 1 heterocycles. The van der Waals surface area contributed by atoms with Gasteiger partial charge in [0.15, 0.2) is 5.13 Å². The normalized spacial score (nSPS) is 11.9. The lowest BCUT2D eigenvalue weighted by atomic mass is 9.93. The van der Waals surface area contributed by atoms with E-state index in [0.717, 1.165) is 30.3 Å². The Balaban J connectivity index is 2.85. The summed E-state index contributed by atoms with van der Waals surface area (Å²) in [6.07, 6.45) is 1.14. The summed E-state index contributed by atoms with van der Waals surface area (Å²) in [5.41, 5.74) is 7.11. The lowest BCUT2D eigenvalue weighted by Gasteiger charge is -2.31. The molecule has 0 spiro atoms. The second kappa shape index (κ2) is 5.83. The van der Waals surface area contributed by atoms with Crippen LogP contribution in [0.5, 0.6) is 0 Å². The Hall–Kier alpha value is -0.610. The molecule has 4 heteroatoms. The molecule has 0 aromatic carbocycles. The van der Waals surface area contributed by atoms with Gasteiger partial charge in [-0.05, 0) is 32.2 Å². The Morgan fingerprint density at radius 1 is 1.35 bits per heavy atom. The van der Waals surface area contributed by atoms with Crippen molar-refractivity contribution in [3.63, 3.8) is 0 Å². The molecular formula is C13H25N3S. The number of aromatic nitrogens is 1. The van der Waals surface area contributed by atoms with Gasteiger partial charge in [-0.1, -0.05) is 20.8 Å². The van der Waals surface area contributed by atoms with Crippen LogP contribution in [0, 0.1) is 19.3 Å². The van der Waals surface area contributed by atoms with Crippen LogP contribution in [0.2, 0.25) is 0 Å². The van der Waals surface area contributed by atoms with Crippen LogP contribution in [0.1, 0.15) is 37.8 Å². The SMILES string of the molecule is CCCN(CC(C)(C)CN)c1nc(C)c(C)s1. The number of thiazole rings is 1. The van der Waals surface area contributed by atoms with Crippen molar-refractivity contribution in [1.29, 1.82) is 0 Å². The van der Waals surface area contributed by atoms with E-state index < -0.39 is 0 Å². The van der Waals surface area contributed by atoms with Crippen molar-refractivity contribution in [1.82, 2.24) is 4.98 Å². The molecule has 0 radical (unpaired) electrons. The van der Waals surface area contributed by atoms with Crippen molar-refractivity contribution in [3.05, 3.63) is 10.6 Å². The molecule has 3 nitrogen and oxygen atoms in total. The molecule has 1 rings (SSSR count). The van der Waals surface area contributed by atoms with Gasteiger partial charge in [0.25, 0.3) is 0 Å². The summed E-state index contributed by atoms with van der Waals surface area (Å²) in [6, 6.07) is 0. The van der Waals surface area contributed by atoms with Crippen LogP contribution >= 0.6 is 11.3 Å². The number of hydrogen-bond acceptors (Lipinski definition) is 4. The number of nitrogens with zero attached hydrogens (tertiary/aromatic N) is 2. The number of nitrogens with two attached hydrogens (primary N) is 1. The minimum absolute atomic E-state index is 0.142. The summed E-state index contributed by atoms with van der Waals surface area (Å²) in [5.74, 6) is 0. The largest absolute Gasteiger partial charge is 0.348 e. The molecular weight excluding hydrogens is 230 g/mol. The van der Waals surface area contributed by atoms with E-state index >= 15 is 0 Å². The van der Waals surface area contributed by atoms with Gasteiger partial charge in [-0.2, -0.15) is 0 Å². The first-order valence-corrected chi connectivity index (χ1v) is 7.10. The van der Waals surface area contributed by atoms with Crippen molar-refractivity contribution >= 4 is 16.5 Å². The fourth-order valence-electron chi connectivity index (χ4n) is 1.68. The molecule has 0 aliphatic heterocycles. The number of rotatable bonds is 6. The van der Waals surface area contributed by atoms with Crippen molar-refractivity contribution in [3.8, 4) is 0 Å². The molecule has 17 heavy (non-hydrogen) atoms. The van der Waals surface area contributed by atoms with E-state index in [1.807, 2.05) is 0 Å². The lowest BCUT2D eigenvalue weighted by molar-refractivity contribution is 0.377. The maximum atomic E-state index is 5.82. The van der Waals surface area contributed by atoms with Gasteiger partial charge in [-0.3, -0.25) is 0 Å². The monoisotopic (exact) mass is 255 g/mol. The van der Waals surface area contributed by atoms with Gasteiger partial charge in [-0.25, -0.2) is 4.98 Å². The van der Waals surface area contributed by atoms with Crippen molar-refractivity contribution in [2.24, 2.45) is 11.1 Å². The third kappa shape index (κ3) is 3.96. The molecule has 0 unspecified atom stereocenters. The van der Waals surface area contributed by atoms with E-state index in [-0.39, 0.29) is 5.41 Å². The van der Waals surface area contributed by atoms with Gasteiger partial charge < -0.3 is 10.6 Å². The smallest absolute Gasteiger partial charge is 0.185 e. The topological polar surface area (TPSA) is 42.1 Å². The predicted molar refractivity (Wildman–Crippen MR) is 76.9 cm³/mol. The van der Waals surface area contributed by atoms with Crippen LogP contribution in [0.15, 0.2) is 0 Å². The highest BCUT2D eigenvalue weighted by molar-refractivity contribution is 7.15. The summed E-state index contributed by atoms with van der Waals surface area (Å²) >= 11 is 1.79. The van der Waals surface area contributed by atoms with Crippen LogP contribution in [-0.4, -0.2) is 24.6 Å². The minimum Gasteiger partial charge on any atom is -0.348 e. The molecule has 1 aromatic heterocycles. The summed E-state index contributed by atoms with van der Waals surface area (Å²) in [7, 11) is 0. The predicted octanol–water partition coefficient (Wildman–Crippen LogP) is 2.96. The van der Waals surface area contributed by atoms with Crippen LogP contribution in [0.4, 0.5) is 5.13 Å². The van der Waals surface area contributed by atoms with Gasteiger partial charge in [0.1, 0.15) is 0 Å². The van der Waals surface area contributed by atoms with Crippen molar-refractivity contribution in [2.75, 3.05) is 24.5 Å². The molecule has 0 aliphatic carbocycles. The highest BCUT2D eigenvalue weighted by Gasteiger charge is 2.22. The van der Waals surface area contributed by atoms with Crippen LogP contribution in [0.25, 0.3) is 0 Å². The van der Waals surface area contributed by atoms with E-state index in [0.29, 0.717) is 6.54 Å². The zero-order valence-corrected chi connectivity index (χ0v) is 12.5. The first-order chi connectivity index (χ1) is 7.89. The second-order valence-electron chi connectivity index (χ2n) is 5.43. The fraction of sp³-hybridized carbons (Fsp3) is 0.769. The molecule has 0 saturated heterocycles. The third-order valence-electron chi connectivity index (χ3n) is 2.95. The Morgan fingerprint density at radius 2 is 2.00 bits per heavy atom. The van der Waals surface area contributed by atoms with Gasteiger partial charge in [0.05, 0.1) is 5.69 Å². The zero-order chi connectivity index (χ0) is 13.1. The zero-order valence-electron chi connectivity index (χ0n) is 11.7. The summed E-state index contributed by atoms with van der Waals surface area (Å²) < 4.78 is 0. The van der Waals surface area contributed by atoms with Gasteiger partial charge >= 0.3 is 0 Å². The third-order valence-corrected chi connectivity index (χ3v) is 4.09. The second-order valence-corrected chi connectivity index (χ2v) is 6.61. The van der Waals surface area contributed by atoms with Crippen LogP contribution in [-0.2, 0) is 0 Å². The van der Waals surface area contributed by atoms with E-state index in [9.17, 15) is 0 Å². The first-order valence-electron chi connectivity index (χ1n) is 6.28. The van der Waals surface area contributed by atoms with Gasteiger partial charge in [0, 0.05) is 18.0 Å². The standard InChI is InChI=1S/C13H25N3S/c1-6-7-16(9-13(4,5)8-14)12-15-10(2)11(3)17-12/h6-9,14H2,1-5H3. The Morgan fingerprint density at radius 3 is 2.41 bits per heavy atom. The molecule has 0 amide bonds. The van der Waals surface area contributed by atoms with Crippen LogP contribution < -0.4 is 10.6 Å². The molecule has 0 bridgehead atoms. The number of anilines is 1.